The smallest absolute Gasteiger partial charge is 0.338 e. The number of hydrogen-bond acceptors (Lipinski definition) is 7. The van der Waals surface area contributed by atoms with E-state index < -0.39 is 35.2 Å². The Morgan fingerprint density at radius 2 is 1.66 bits per heavy atom. The third-order valence-corrected chi connectivity index (χ3v) is 5.46. The first-order valence-electron chi connectivity index (χ1n) is 10.2. The van der Waals surface area contributed by atoms with Gasteiger partial charge in [-0.2, -0.15) is 0 Å². The largest absolute Gasteiger partial charge is 0.452 e. The molecule has 35 heavy (non-hydrogen) atoms. The minimum absolute atomic E-state index is 0.0384. The minimum Gasteiger partial charge on any atom is -0.452 e. The molecule has 0 fully saturated rings. The van der Waals surface area contributed by atoms with Gasteiger partial charge in [0.2, 0.25) is 0 Å². The van der Waals surface area contributed by atoms with Crippen molar-refractivity contribution in [1.82, 2.24) is 4.90 Å². The highest BCUT2D eigenvalue weighted by Crippen LogP contribution is 2.27. The van der Waals surface area contributed by atoms with E-state index >= 15 is 0 Å². The highest BCUT2D eigenvalue weighted by molar-refractivity contribution is 6.32. The Morgan fingerprint density at radius 3 is 2.31 bits per heavy atom. The number of nitro groups is 1. The highest BCUT2D eigenvalue weighted by atomic mass is 35.5. The molecule has 0 saturated heterocycles. The van der Waals surface area contributed by atoms with Crippen molar-refractivity contribution in [2.45, 2.75) is 6.54 Å². The lowest BCUT2D eigenvalue weighted by Gasteiger charge is -2.14. The van der Waals surface area contributed by atoms with Gasteiger partial charge < -0.3 is 10.1 Å². The maximum atomic E-state index is 12.6. The van der Waals surface area contributed by atoms with Gasteiger partial charge in [0.25, 0.3) is 23.4 Å². The third kappa shape index (κ3) is 5.02. The standard InChI is InChI=1S/C24H16ClN3O7/c25-19-9-8-16(11-20(19)28(33)34)26-21(29)13-35-24(32)15-5-3-4-14(10-15)12-27-22(30)17-6-1-2-7-18(17)23(27)31/h1-11H,12-13H2,(H,26,29). The number of carbonyl (C=O) groups is 4. The molecule has 3 aromatic rings. The summed E-state index contributed by atoms with van der Waals surface area (Å²) in [7, 11) is 0. The lowest BCUT2D eigenvalue weighted by molar-refractivity contribution is -0.384. The predicted octanol–water partition coefficient (Wildman–Crippen LogP) is 3.84. The average Bonchev–Trinajstić information content (AvgIpc) is 3.08. The zero-order valence-corrected chi connectivity index (χ0v) is 18.7. The SMILES string of the molecule is O=C(COC(=O)c1cccc(CN2C(=O)c3ccccc3C2=O)c1)Nc1ccc(Cl)c([N+](=O)[O-])c1. The summed E-state index contributed by atoms with van der Waals surface area (Å²) in [6.07, 6.45) is 0. The summed E-state index contributed by atoms with van der Waals surface area (Å²) >= 11 is 5.74. The summed E-state index contributed by atoms with van der Waals surface area (Å²) in [5.41, 5.74) is 1.03. The number of esters is 1. The Balaban J connectivity index is 1.37. The van der Waals surface area contributed by atoms with Crippen LogP contribution in [0.25, 0.3) is 0 Å². The fourth-order valence-corrected chi connectivity index (χ4v) is 3.69. The molecule has 0 aromatic heterocycles. The Morgan fingerprint density at radius 1 is 0.971 bits per heavy atom. The quantitative estimate of drug-likeness (QED) is 0.228. The molecule has 3 aromatic carbocycles. The van der Waals surface area contributed by atoms with Gasteiger partial charge in [-0.3, -0.25) is 29.4 Å². The van der Waals surface area contributed by atoms with Crippen molar-refractivity contribution in [2.24, 2.45) is 0 Å². The molecule has 1 heterocycles. The van der Waals surface area contributed by atoms with Crippen LogP contribution in [0.15, 0.2) is 66.7 Å². The van der Waals surface area contributed by atoms with Crippen LogP contribution in [-0.2, 0) is 16.1 Å². The molecule has 11 heteroatoms. The second-order valence-corrected chi connectivity index (χ2v) is 7.90. The summed E-state index contributed by atoms with van der Waals surface area (Å²) in [5, 5.41) is 13.3. The molecule has 0 aliphatic carbocycles. The van der Waals surface area contributed by atoms with Gasteiger partial charge in [0, 0.05) is 11.8 Å². The Kier molecular flexibility index (Phi) is 6.56. The lowest BCUT2D eigenvalue weighted by atomic mass is 10.1. The number of benzene rings is 3. The van der Waals surface area contributed by atoms with Crippen LogP contribution in [0, 0.1) is 10.1 Å². The van der Waals surface area contributed by atoms with Crippen molar-refractivity contribution in [3.05, 3.63) is 104 Å². The van der Waals surface area contributed by atoms with Crippen LogP contribution >= 0.6 is 11.6 Å². The van der Waals surface area contributed by atoms with E-state index in [4.69, 9.17) is 16.3 Å². The van der Waals surface area contributed by atoms with Crippen LogP contribution in [0.3, 0.4) is 0 Å². The molecular weight excluding hydrogens is 478 g/mol. The van der Waals surface area contributed by atoms with Crippen molar-refractivity contribution in [1.29, 1.82) is 0 Å². The maximum Gasteiger partial charge on any atom is 0.338 e. The second-order valence-electron chi connectivity index (χ2n) is 7.49. The molecule has 1 N–H and O–H groups in total. The number of nitro benzene ring substituents is 1. The predicted molar refractivity (Wildman–Crippen MR) is 124 cm³/mol. The number of nitrogens with zero attached hydrogens (tertiary/aromatic N) is 2. The summed E-state index contributed by atoms with van der Waals surface area (Å²) in [4.78, 5) is 61.0. The van der Waals surface area contributed by atoms with Crippen LogP contribution < -0.4 is 5.32 Å². The van der Waals surface area contributed by atoms with Gasteiger partial charge >= 0.3 is 5.97 Å². The first kappa shape index (κ1) is 23.6. The molecular formula is C24H16ClN3O7. The molecule has 0 atom stereocenters. The number of fused-ring (bicyclic) bond motifs is 1. The third-order valence-electron chi connectivity index (χ3n) is 5.14. The fraction of sp³-hybridized carbons (Fsp3) is 0.0833. The summed E-state index contributed by atoms with van der Waals surface area (Å²) in [5.74, 6) is -2.35. The molecule has 0 radical (unpaired) electrons. The lowest BCUT2D eigenvalue weighted by Crippen LogP contribution is -2.29. The maximum absolute atomic E-state index is 12.6. The van der Waals surface area contributed by atoms with Crippen LogP contribution in [0.5, 0.6) is 0 Å². The topological polar surface area (TPSA) is 136 Å². The van der Waals surface area contributed by atoms with Gasteiger partial charge in [-0.15, -0.1) is 0 Å². The first-order chi connectivity index (χ1) is 16.7. The number of amides is 3. The van der Waals surface area contributed by atoms with Gasteiger partial charge in [0.1, 0.15) is 5.02 Å². The minimum atomic E-state index is -0.800. The van der Waals surface area contributed by atoms with Crippen molar-refractivity contribution in [3.8, 4) is 0 Å². The average molecular weight is 494 g/mol. The van der Waals surface area contributed by atoms with Crippen LogP contribution in [-0.4, -0.2) is 40.1 Å². The van der Waals surface area contributed by atoms with E-state index in [0.29, 0.717) is 16.7 Å². The van der Waals surface area contributed by atoms with Gasteiger partial charge in [0.15, 0.2) is 6.61 Å². The van der Waals surface area contributed by atoms with E-state index in [2.05, 4.69) is 5.32 Å². The van der Waals surface area contributed by atoms with Crippen LogP contribution in [0.4, 0.5) is 11.4 Å². The summed E-state index contributed by atoms with van der Waals surface area (Å²) < 4.78 is 5.02. The normalized spacial score (nSPS) is 12.3. The van der Waals surface area contributed by atoms with E-state index in [1.807, 2.05) is 0 Å². The molecule has 0 saturated carbocycles. The molecule has 1 aliphatic heterocycles. The van der Waals surface area contributed by atoms with Gasteiger partial charge in [0.05, 0.1) is 28.2 Å². The zero-order valence-electron chi connectivity index (χ0n) is 17.9. The molecule has 4 rings (SSSR count). The zero-order chi connectivity index (χ0) is 25.1. The summed E-state index contributed by atoms with van der Waals surface area (Å²) in [6.45, 7) is -0.679. The van der Waals surface area contributed by atoms with E-state index in [1.165, 1.54) is 24.3 Å². The van der Waals surface area contributed by atoms with Gasteiger partial charge in [-0.05, 0) is 42.0 Å². The van der Waals surface area contributed by atoms with E-state index in [1.54, 1.807) is 36.4 Å². The molecule has 1 aliphatic rings. The second kappa shape index (κ2) is 9.74. The Bertz CT molecular complexity index is 1350. The molecule has 0 spiro atoms. The number of carbonyl (C=O) groups excluding carboxylic acids is 4. The number of rotatable bonds is 7. The Hall–Kier alpha value is -4.57. The van der Waals surface area contributed by atoms with Crippen molar-refractivity contribution in [3.63, 3.8) is 0 Å². The van der Waals surface area contributed by atoms with E-state index in [9.17, 15) is 29.3 Å². The number of nitrogens with one attached hydrogen (secondary N) is 1. The molecule has 0 unspecified atom stereocenters. The summed E-state index contributed by atoms with van der Waals surface area (Å²) in [6, 6.07) is 16.4. The van der Waals surface area contributed by atoms with Crippen LogP contribution in [0.1, 0.15) is 36.6 Å². The van der Waals surface area contributed by atoms with Gasteiger partial charge in [-0.1, -0.05) is 35.9 Å². The number of imide groups is 1. The fourth-order valence-electron chi connectivity index (χ4n) is 3.50. The monoisotopic (exact) mass is 493 g/mol. The number of hydrogen-bond donors (Lipinski definition) is 1. The highest BCUT2D eigenvalue weighted by Gasteiger charge is 2.35. The first-order valence-corrected chi connectivity index (χ1v) is 10.6. The Labute approximate surface area is 203 Å². The van der Waals surface area contributed by atoms with E-state index in [0.717, 1.165) is 11.0 Å². The molecule has 176 valence electrons. The number of ether oxygens (including phenoxy) is 1. The molecule has 10 nitrogen and oxygen atoms in total. The molecule has 0 bridgehead atoms. The van der Waals surface area contributed by atoms with E-state index in [-0.39, 0.29) is 28.5 Å². The number of anilines is 1. The number of halogens is 1. The van der Waals surface area contributed by atoms with Crippen molar-refractivity contribution < 1.29 is 28.8 Å². The van der Waals surface area contributed by atoms with Crippen molar-refractivity contribution >= 4 is 46.7 Å². The van der Waals surface area contributed by atoms with Crippen molar-refractivity contribution in [2.75, 3.05) is 11.9 Å². The molecule has 3 amide bonds. The van der Waals surface area contributed by atoms with Crippen LogP contribution in [0.2, 0.25) is 5.02 Å². The van der Waals surface area contributed by atoms with Gasteiger partial charge in [-0.25, -0.2) is 4.79 Å².